The fourth-order valence-corrected chi connectivity index (χ4v) is 1.87. The van der Waals surface area contributed by atoms with Crippen molar-refractivity contribution in [3.63, 3.8) is 0 Å². The number of nitrogen functional groups attached to an aromatic ring is 1. The van der Waals surface area contributed by atoms with Crippen LogP contribution in [0.15, 0.2) is 18.2 Å². The number of nitrogens with zero attached hydrogens (tertiary/aromatic N) is 1. The van der Waals surface area contributed by atoms with E-state index in [0.29, 0.717) is 11.1 Å². The molecule has 1 saturated carbocycles. The Bertz CT molecular complexity index is 515. The predicted molar refractivity (Wildman–Crippen MR) is 71.9 cm³/mol. The van der Waals surface area contributed by atoms with Gasteiger partial charge in [0, 0.05) is 23.8 Å². The first kappa shape index (κ1) is 13.7. The Morgan fingerprint density at radius 2 is 2.16 bits per heavy atom. The molecule has 6 heteroatoms. The number of rotatable bonds is 4. The monoisotopic (exact) mass is 282 g/mol. The molecule has 0 spiro atoms. The third-order valence-corrected chi connectivity index (χ3v) is 3.28. The Labute approximate surface area is 116 Å². The summed E-state index contributed by atoms with van der Waals surface area (Å²) in [4.78, 5) is 25.1. The first-order valence-corrected chi connectivity index (χ1v) is 6.34. The summed E-state index contributed by atoms with van der Waals surface area (Å²) < 4.78 is 4.96. The lowest BCUT2D eigenvalue weighted by atomic mass is 10.2. The summed E-state index contributed by atoms with van der Waals surface area (Å²) in [6.45, 7) is -0.270. The highest BCUT2D eigenvalue weighted by Gasteiger charge is 2.30. The molecule has 0 aromatic heterocycles. The van der Waals surface area contributed by atoms with E-state index in [9.17, 15) is 9.59 Å². The average Bonchev–Trinajstić information content (AvgIpc) is 3.18. The number of halogens is 1. The van der Waals surface area contributed by atoms with Gasteiger partial charge in [0.25, 0.3) is 5.91 Å². The van der Waals surface area contributed by atoms with Crippen molar-refractivity contribution in [3.8, 4) is 0 Å². The Kier molecular flexibility index (Phi) is 3.95. The van der Waals surface area contributed by atoms with E-state index in [0.717, 1.165) is 12.8 Å². The molecular formula is C13H15ClN2O3. The fraction of sp³-hybridized carbons (Fsp3) is 0.385. The number of esters is 1. The van der Waals surface area contributed by atoms with Gasteiger partial charge in [0.2, 0.25) is 0 Å². The number of carbonyl (C=O) groups excluding carboxylic acids is 2. The van der Waals surface area contributed by atoms with Gasteiger partial charge in [0.05, 0.1) is 5.56 Å². The normalized spacial score (nSPS) is 14.0. The number of amides is 1. The first-order valence-electron chi connectivity index (χ1n) is 5.97. The second kappa shape index (κ2) is 5.48. The average molecular weight is 283 g/mol. The molecule has 19 heavy (non-hydrogen) atoms. The Hall–Kier alpha value is -1.75. The van der Waals surface area contributed by atoms with E-state index in [2.05, 4.69) is 0 Å². The zero-order chi connectivity index (χ0) is 14.0. The molecule has 0 unspecified atom stereocenters. The molecule has 1 aliphatic carbocycles. The van der Waals surface area contributed by atoms with Gasteiger partial charge in [0.15, 0.2) is 6.61 Å². The number of benzene rings is 1. The topological polar surface area (TPSA) is 72.6 Å². The second-order valence-corrected chi connectivity index (χ2v) is 4.98. The van der Waals surface area contributed by atoms with Crippen molar-refractivity contribution in [1.29, 1.82) is 0 Å². The van der Waals surface area contributed by atoms with Crippen molar-refractivity contribution >= 4 is 29.2 Å². The Morgan fingerprint density at radius 3 is 2.74 bits per heavy atom. The van der Waals surface area contributed by atoms with Gasteiger partial charge in [-0.05, 0) is 31.0 Å². The van der Waals surface area contributed by atoms with Crippen molar-refractivity contribution in [2.45, 2.75) is 18.9 Å². The quantitative estimate of drug-likeness (QED) is 0.674. The summed E-state index contributed by atoms with van der Waals surface area (Å²) in [6.07, 6.45) is 2.03. The van der Waals surface area contributed by atoms with Gasteiger partial charge in [-0.15, -0.1) is 0 Å². The summed E-state index contributed by atoms with van der Waals surface area (Å²) in [7, 11) is 1.71. The van der Waals surface area contributed by atoms with E-state index in [1.807, 2.05) is 0 Å². The SMILES string of the molecule is CN(C(=O)COC(=O)c1ccc(Cl)cc1N)C1CC1. The van der Waals surface area contributed by atoms with E-state index in [4.69, 9.17) is 22.1 Å². The minimum atomic E-state index is -0.619. The molecule has 2 N–H and O–H groups in total. The zero-order valence-corrected chi connectivity index (χ0v) is 11.3. The lowest BCUT2D eigenvalue weighted by Crippen LogP contribution is -2.33. The van der Waals surface area contributed by atoms with Gasteiger partial charge in [-0.2, -0.15) is 0 Å². The molecule has 0 bridgehead atoms. The molecule has 2 rings (SSSR count). The van der Waals surface area contributed by atoms with Crippen LogP contribution in [0.4, 0.5) is 5.69 Å². The van der Waals surface area contributed by atoms with Gasteiger partial charge in [-0.25, -0.2) is 4.79 Å². The van der Waals surface area contributed by atoms with Crippen molar-refractivity contribution in [1.82, 2.24) is 4.90 Å². The first-order chi connectivity index (χ1) is 8.99. The van der Waals surface area contributed by atoms with Gasteiger partial charge in [0.1, 0.15) is 0 Å². The van der Waals surface area contributed by atoms with Crippen LogP contribution in [0, 0.1) is 0 Å². The molecule has 0 aliphatic heterocycles. The molecule has 1 amide bonds. The van der Waals surface area contributed by atoms with Crippen LogP contribution in [0.5, 0.6) is 0 Å². The number of nitrogens with two attached hydrogens (primary N) is 1. The second-order valence-electron chi connectivity index (χ2n) is 4.54. The van der Waals surface area contributed by atoms with Crippen LogP contribution in [0.2, 0.25) is 5.02 Å². The van der Waals surface area contributed by atoms with Crippen molar-refractivity contribution in [2.24, 2.45) is 0 Å². The minimum absolute atomic E-state index is 0.205. The van der Waals surface area contributed by atoms with E-state index < -0.39 is 5.97 Å². The molecule has 102 valence electrons. The number of hydrogen-bond acceptors (Lipinski definition) is 4. The molecule has 0 atom stereocenters. The summed E-state index contributed by atoms with van der Waals surface area (Å²) in [6, 6.07) is 4.80. The maximum Gasteiger partial charge on any atom is 0.340 e. The molecule has 0 heterocycles. The van der Waals surface area contributed by atoms with Crippen LogP contribution in [-0.2, 0) is 9.53 Å². The molecule has 5 nitrogen and oxygen atoms in total. The maximum atomic E-state index is 11.8. The number of anilines is 1. The lowest BCUT2D eigenvalue weighted by molar-refractivity contribution is -0.133. The number of ether oxygens (including phenoxy) is 1. The Morgan fingerprint density at radius 1 is 1.47 bits per heavy atom. The summed E-state index contributed by atoms with van der Waals surface area (Å²) >= 11 is 5.74. The van der Waals surface area contributed by atoms with Crippen LogP contribution in [-0.4, -0.2) is 36.5 Å². The third-order valence-electron chi connectivity index (χ3n) is 3.05. The van der Waals surface area contributed by atoms with Gasteiger partial charge >= 0.3 is 5.97 Å². The van der Waals surface area contributed by atoms with Crippen molar-refractivity contribution in [3.05, 3.63) is 28.8 Å². The molecular weight excluding hydrogens is 268 g/mol. The third kappa shape index (κ3) is 3.38. The fourth-order valence-electron chi connectivity index (χ4n) is 1.69. The molecule has 0 saturated heterocycles. The Balaban J connectivity index is 1.91. The van der Waals surface area contributed by atoms with Gasteiger partial charge in [-0.1, -0.05) is 11.6 Å². The number of likely N-dealkylation sites (N-methyl/N-ethyl adjacent to an activating group) is 1. The summed E-state index contributed by atoms with van der Waals surface area (Å²) in [5, 5.41) is 0.443. The largest absolute Gasteiger partial charge is 0.452 e. The molecule has 1 aliphatic rings. The van der Waals surface area contributed by atoms with E-state index in [1.54, 1.807) is 18.0 Å². The highest BCUT2D eigenvalue weighted by atomic mass is 35.5. The lowest BCUT2D eigenvalue weighted by Gasteiger charge is -2.16. The standard InChI is InChI=1S/C13H15ClN2O3/c1-16(9-3-4-9)12(17)7-19-13(18)10-5-2-8(14)6-11(10)15/h2,5-6,9H,3-4,7,15H2,1H3. The van der Waals surface area contributed by atoms with Crippen molar-refractivity contribution in [2.75, 3.05) is 19.4 Å². The van der Waals surface area contributed by atoms with Gasteiger partial charge < -0.3 is 15.4 Å². The minimum Gasteiger partial charge on any atom is -0.452 e. The zero-order valence-electron chi connectivity index (χ0n) is 10.6. The van der Waals surface area contributed by atoms with Crippen LogP contribution >= 0.6 is 11.6 Å². The van der Waals surface area contributed by atoms with E-state index in [1.165, 1.54) is 12.1 Å². The predicted octanol–water partition coefficient (Wildman–Crippen LogP) is 1.70. The maximum absolute atomic E-state index is 11.8. The highest BCUT2D eigenvalue weighted by Crippen LogP contribution is 2.25. The number of carbonyl (C=O) groups is 2. The van der Waals surface area contributed by atoms with E-state index in [-0.39, 0.29) is 23.8 Å². The summed E-state index contributed by atoms with van der Waals surface area (Å²) in [5.74, 6) is -0.824. The van der Waals surface area contributed by atoms with Crippen LogP contribution in [0.1, 0.15) is 23.2 Å². The molecule has 1 fully saturated rings. The smallest absolute Gasteiger partial charge is 0.340 e. The highest BCUT2D eigenvalue weighted by molar-refractivity contribution is 6.31. The molecule has 1 aromatic rings. The van der Waals surface area contributed by atoms with Crippen LogP contribution < -0.4 is 5.73 Å². The van der Waals surface area contributed by atoms with Crippen molar-refractivity contribution < 1.29 is 14.3 Å². The van der Waals surface area contributed by atoms with Gasteiger partial charge in [-0.3, -0.25) is 4.79 Å². The summed E-state index contributed by atoms with van der Waals surface area (Å²) in [5.41, 5.74) is 6.12. The van der Waals surface area contributed by atoms with E-state index >= 15 is 0 Å². The number of hydrogen-bond donors (Lipinski definition) is 1. The molecule has 1 aromatic carbocycles. The van der Waals surface area contributed by atoms with Crippen LogP contribution in [0.25, 0.3) is 0 Å². The molecule has 0 radical (unpaired) electrons. The van der Waals surface area contributed by atoms with Crippen LogP contribution in [0.3, 0.4) is 0 Å².